The molecular weight excluding hydrogens is 300 g/mol. The van der Waals surface area contributed by atoms with E-state index in [2.05, 4.69) is 16.3 Å². The van der Waals surface area contributed by atoms with Gasteiger partial charge in [-0.25, -0.2) is 0 Å². The van der Waals surface area contributed by atoms with Crippen molar-refractivity contribution in [3.8, 4) is 0 Å². The average Bonchev–Trinajstić information content (AvgIpc) is 2.63. The van der Waals surface area contributed by atoms with Gasteiger partial charge in [0.15, 0.2) is 0 Å². The second-order valence-corrected chi connectivity index (χ2v) is 5.78. The molecule has 0 saturated carbocycles. The lowest BCUT2D eigenvalue weighted by Crippen LogP contribution is -2.35. The van der Waals surface area contributed by atoms with E-state index in [-0.39, 0.29) is 5.91 Å². The van der Waals surface area contributed by atoms with Crippen molar-refractivity contribution in [1.82, 2.24) is 4.90 Å². The molecule has 0 atom stereocenters. The molecule has 0 spiro atoms. The number of para-hydroxylation sites is 1. The first-order chi connectivity index (χ1) is 11.8. The molecule has 3 rings (SSSR count). The summed E-state index contributed by atoms with van der Waals surface area (Å²) in [6, 6.07) is 17.8. The average molecular weight is 322 g/mol. The quantitative estimate of drug-likeness (QED) is 0.860. The highest BCUT2D eigenvalue weighted by atomic mass is 16.5. The van der Waals surface area contributed by atoms with Gasteiger partial charge in [0.2, 0.25) is 5.91 Å². The van der Waals surface area contributed by atoms with Gasteiger partial charge in [0.25, 0.3) is 0 Å². The first kappa shape index (κ1) is 16.4. The Labute approximate surface area is 142 Å². The van der Waals surface area contributed by atoms with Crippen LogP contribution in [-0.2, 0) is 16.1 Å². The summed E-state index contributed by atoms with van der Waals surface area (Å²) in [6.07, 6.45) is 3.39. The lowest BCUT2D eigenvalue weighted by Gasteiger charge is -2.27. The maximum atomic E-state index is 12.2. The molecule has 1 N–H and O–H groups in total. The maximum absolute atomic E-state index is 12.2. The van der Waals surface area contributed by atoms with E-state index in [1.165, 1.54) is 0 Å². The Morgan fingerprint density at radius 2 is 1.75 bits per heavy atom. The molecule has 2 aromatic carbocycles. The number of amides is 1. The highest BCUT2D eigenvalue weighted by Gasteiger charge is 2.13. The number of hydrogen-bond acceptors (Lipinski definition) is 3. The van der Waals surface area contributed by atoms with Crippen molar-refractivity contribution in [3.63, 3.8) is 0 Å². The zero-order valence-corrected chi connectivity index (χ0v) is 13.7. The van der Waals surface area contributed by atoms with E-state index < -0.39 is 0 Å². The highest BCUT2D eigenvalue weighted by Crippen LogP contribution is 2.18. The van der Waals surface area contributed by atoms with Crippen molar-refractivity contribution in [2.45, 2.75) is 6.54 Å². The summed E-state index contributed by atoms with van der Waals surface area (Å²) < 4.78 is 5.39. The van der Waals surface area contributed by atoms with Crippen molar-refractivity contribution in [3.05, 3.63) is 71.8 Å². The number of rotatable bonds is 5. The largest absolute Gasteiger partial charge is 0.379 e. The molecule has 124 valence electrons. The molecule has 0 aliphatic carbocycles. The molecule has 1 aliphatic rings. The molecule has 4 heteroatoms. The van der Waals surface area contributed by atoms with Crippen LogP contribution in [0.4, 0.5) is 5.69 Å². The number of ether oxygens (including phenoxy) is 1. The molecule has 24 heavy (non-hydrogen) atoms. The summed E-state index contributed by atoms with van der Waals surface area (Å²) in [4.78, 5) is 14.5. The van der Waals surface area contributed by atoms with E-state index in [1.54, 1.807) is 6.08 Å². The predicted octanol–water partition coefficient (Wildman–Crippen LogP) is 3.17. The number of nitrogens with zero attached hydrogens (tertiary/aromatic N) is 1. The third-order valence-corrected chi connectivity index (χ3v) is 4.00. The first-order valence-electron chi connectivity index (χ1n) is 8.23. The van der Waals surface area contributed by atoms with Crippen LogP contribution >= 0.6 is 0 Å². The minimum atomic E-state index is -0.117. The SMILES string of the molecule is O=C(/C=C/c1ccccc1)Nc1ccccc1CN1CCOCC1. The number of morpholine rings is 1. The van der Waals surface area contributed by atoms with Gasteiger partial charge in [-0.05, 0) is 23.3 Å². The van der Waals surface area contributed by atoms with E-state index in [0.717, 1.165) is 49.7 Å². The Morgan fingerprint density at radius 1 is 1.04 bits per heavy atom. The number of benzene rings is 2. The number of anilines is 1. The van der Waals surface area contributed by atoms with Crippen LogP contribution in [0.5, 0.6) is 0 Å². The van der Waals surface area contributed by atoms with Crippen molar-refractivity contribution in [2.75, 3.05) is 31.6 Å². The Hall–Kier alpha value is -2.43. The fourth-order valence-corrected chi connectivity index (χ4v) is 2.69. The van der Waals surface area contributed by atoms with Crippen molar-refractivity contribution in [2.24, 2.45) is 0 Å². The molecule has 4 nitrogen and oxygen atoms in total. The van der Waals surface area contributed by atoms with E-state index in [9.17, 15) is 4.79 Å². The van der Waals surface area contributed by atoms with Gasteiger partial charge in [-0.3, -0.25) is 9.69 Å². The highest BCUT2D eigenvalue weighted by molar-refractivity contribution is 6.02. The van der Waals surface area contributed by atoms with E-state index >= 15 is 0 Å². The predicted molar refractivity (Wildman–Crippen MR) is 96.6 cm³/mol. The number of nitrogens with one attached hydrogen (secondary N) is 1. The molecule has 1 fully saturated rings. The Morgan fingerprint density at radius 3 is 2.54 bits per heavy atom. The molecule has 0 radical (unpaired) electrons. The molecule has 2 aromatic rings. The standard InChI is InChI=1S/C20H22N2O2/c23-20(11-10-17-6-2-1-3-7-17)21-19-9-5-4-8-18(19)16-22-12-14-24-15-13-22/h1-11H,12-16H2,(H,21,23)/b11-10+. The van der Waals surface area contributed by atoms with Crippen LogP contribution in [0, 0.1) is 0 Å². The van der Waals surface area contributed by atoms with E-state index in [1.807, 2.05) is 54.6 Å². The van der Waals surface area contributed by atoms with E-state index in [4.69, 9.17) is 4.74 Å². The molecule has 1 saturated heterocycles. The summed E-state index contributed by atoms with van der Waals surface area (Å²) in [6.45, 7) is 4.22. The van der Waals surface area contributed by atoms with Crippen LogP contribution in [0.1, 0.15) is 11.1 Å². The number of carbonyl (C=O) groups is 1. The third kappa shape index (κ3) is 4.78. The van der Waals surface area contributed by atoms with E-state index in [0.29, 0.717) is 0 Å². The van der Waals surface area contributed by atoms with Gasteiger partial charge in [-0.1, -0.05) is 48.5 Å². The van der Waals surface area contributed by atoms with Gasteiger partial charge >= 0.3 is 0 Å². The third-order valence-electron chi connectivity index (χ3n) is 4.00. The molecular formula is C20H22N2O2. The van der Waals surface area contributed by atoms with Crippen LogP contribution in [0.15, 0.2) is 60.7 Å². The fourth-order valence-electron chi connectivity index (χ4n) is 2.69. The van der Waals surface area contributed by atoms with Crippen LogP contribution in [-0.4, -0.2) is 37.1 Å². The molecule has 0 aromatic heterocycles. The van der Waals surface area contributed by atoms with Gasteiger partial charge in [0.05, 0.1) is 13.2 Å². The Bertz CT molecular complexity index is 692. The van der Waals surface area contributed by atoms with Gasteiger partial charge in [0.1, 0.15) is 0 Å². The normalized spacial score (nSPS) is 15.5. The Kier molecular flexibility index (Phi) is 5.77. The first-order valence-corrected chi connectivity index (χ1v) is 8.23. The molecule has 0 bridgehead atoms. The van der Waals surface area contributed by atoms with Crippen LogP contribution in [0.3, 0.4) is 0 Å². The molecule has 1 heterocycles. The summed E-state index contributed by atoms with van der Waals surface area (Å²) in [5.74, 6) is -0.117. The minimum Gasteiger partial charge on any atom is -0.379 e. The topological polar surface area (TPSA) is 41.6 Å². The van der Waals surface area contributed by atoms with Gasteiger partial charge in [-0.2, -0.15) is 0 Å². The van der Waals surface area contributed by atoms with Gasteiger partial charge in [-0.15, -0.1) is 0 Å². The lowest BCUT2D eigenvalue weighted by molar-refractivity contribution is -0.111. The monoisotopic (exact) mass is 322 g/mol. The number of hydrogen-bond donors (Lipinski definition) is 1. The van der Waals surface area contributed by atoms with Gasteiger partial charge in [0, 0.05) is 31.4 Å². The zero-order valence-electron chi connectivity index (χ0n) is 13.7. The summed E-state index contributed by atoms with van der Waals surface area (Å²) in [5.41, 5.74) is 3.00. The fraction of sp³-hybridized carbons (Fsp3) is 0.250. The van der Waals surface area contributed by atoms with Crippen molar-refractivity contribution < 1.29 is 9.53 Å². The maximum Gasteiger partial charge on any atom is 0.248 e. The minimum absolute atomic E-state index is 0.117. The Balaban J connectivity index is 1.64. The summed E-state index contributed by atoms with van der Waals surface area (Å²) >= 11 is 0. The van der Waals surface area contributed by atoms with Crippen molar-refractivity contribution >= 4 is 17.7 Å². The van der Waals surface area contributed by atoms with Crippen LogP contribution in [0.25, 0.3) is 6.08 Å². The number of carbonyl (C=O) groups excluding carboxylic acids is 1. The second-order valence-electron chi connectivity index (χ2n) is 5.78. The smallest absolute Gasteiger partial charge is 0.248 e. The van der Waals surface area contributed by atoms with Gasteiger partial charge < -0.3 is 10.1 Å². The zero-order chi connectivity index (χ0) is 16.6. The molecule has 1 aliphatic heterocycles. The summed E-state index contributed by atoms with van der Waals surface area (Å²) in [5, 5.41) is 2.99. The van der Waals surface area contributed by atoms with Crippen LogP contribution in [0.2, 0.25) is 0 Å². The molecule has 0 unspecified atom stereocenters. The lowest BCUT2D eigenvalue weighted by atomic mass is 10.1. The second kappa shape index (κ2) is 8.43. The van der Waals surface area contributed by atoms with Crippen LogP contribution < -0.4 is 5.32 Å². The molecule has 1 amide bonds. The summed E-state index contributed by atoms with van der Waals surface area (Å²) in [7, 11) is 0. The van der Waals surface area contributed by atoms with Crippen molar-refractivity contribution in [1.29, 1.82) is 0 Å².